The minimum atomic E-state index is -0.301. The Kier molecular flexibility index (Phi) is 2.40. The summed E-state index contributed by atoms with van der Waals surface area (Å²) in [4.78, 5) is 11.4. The molecule has 0 amide bonds. The zero-order valence-corrected chi connectivity index (χ0v) is 8.54. The molecule has 3 nitrogen and oxygen atoms in total. The lowest BCUT2D eigenvalue weighted by Crippen LogP contribution is -2.24. The van der Waals surface area contributed by atoms with Crippen molar-refractivity contribution in [3.05, 3.63) is 22.6 Å². The standard InChI is InChI=1S/C9H9BrO3/c10-8-7(4-5-12-8)9(11)13-6-2-1-3-6/h4-6H,1-3H2. The zero-order chi connectivity index (χ0) is 9.26. The average Bonchev–Trinajstić information content (AvgIpc) is 2.43. The summed E-state index contributed by atoms with van der Waals surface area (Å²) in [6.45, 7) is 0. The van der Waals surface area contributed by atoms with Gasteiger partial charge in [-0.3, -0.25) is 0 Å². The summed E-state index contributed by atoms with van der Waals surface area (Å²) in [6, 6.07) is 1.60. The second kappa shape index (κ2) is 3.54. The van der Waals surface area contributed by atoms with Gasteiger partial charge in [-0.15, -0.1) is 0 Å². The van der Waals surface area contributed by atoms with Crippen LogP contribution in [0.15, 0.2) is 21.4 Å². The van der Waals surface area contributed by atoms with Crippen LogP contribution in [0.1, 0.15) is 29.6 Å². The molecule has 13 heavy (non-hydrogen) atoms. The maximum absolute atomic E-state index is 11.4. The van der Waals surface area contributed by atoms with Gasteiger partial charge < -0.3 is 9.15 Å². The third-order valence-electron chi connectivity index (χ3n) is 2.16. The Morgan fingerprint density at radius 2 is 2.38 bits per heavy atom. The van der Waals surface area contributed by atoms with E-state index < -0.39 is 0 Å². The lowest BCUT2D eigenvalue weighted by Gasteiger charge is -2.24. The predicted octanol–water partition coefficient (Wildman–Crippen LogP) is 2.75. The van der Waals surface area contributed by atoms with Crippen molar-refractivity contribution in [2.24, 2.45) is 0 Å². The van der Waals surface area contributed by atoms with Crippen LogP contribution in [-0.2, 0) is 4.74 Å². The summed E-state index contributed by atoms with van der Waals surface area (Å²) in [5.74, 6) is -0.301. The van der Waals surface area contributed by atoms with Crippen molar-refractivity contribution in [1.82, 2.24) is 0 Å². The van der Waals surface area contributed by atoms with E-state index in [0.29, 0.717) is 10.2 Å². The maximum atomic E-state index is 11.4. The smallest absolute Gasteiger partial charge is 0.342 e. The van der Waals surface area contributed by atoms with E-state index in [1.54, 1.807) is 6.07 Å². The molecular formula is C9H9BrO3. The van der Waals surface area contributed by atoms with Gasteiger partial charge in [-0.2, -0.15) is 0 Å². The number of hydrogen-bond donors (Lipinski definition) is 0. The first-order valence-electron chi connectivity index (χ1n) is 4.21. The fourth-order valence-corrected chi connectivity index (χ4v) is 1.54. The number of esters is 1. The lowest BCUT2D eigenvalue weighted by molar-refractivity contribution is 0.00881. The molecule has 0 spiro atoms. The maximum Gasteiger partial charge on any atom is 0.342 e. The van der Waals surface area contributed by atoms with E-state index in [4.69, 9.17) is 9.15 Å². The molecule has 70 valence electrons. The molecule has 0 unspecified atom stereocenters. The van der Waals surface area contributed by atoms with E-state index in [2.05, 4.69) is 15.9 Å². The Morgan fingerprint density at radius 3 is 2.85 bits per heavy atom. The highest BCUT2D eigenvalue weighted by Crippen LogP contribution is 2.25. The summed E-state index contributed by atoms with van der Waals surface area (Å²) in [5.41, 5.74) is 0.465. The third-order valence-corrected chi connectivity index (χ3v) is 2.78. The molecule has 1 aromatic heterocycles. The summed E-state index contributed by atoms with van der Waals surface area (Å²) in [5, 5.41) is 0. The summed E-state index contributed by atoms with van der Waals surface area (Å²) in [7, 11) is 0. The molecule has 0 aliphatic heterocycles. The van der Waals surface area contributed by atoms with Crippen molar-refractivity contribution in [3.8, 4) is 0 Å². The second-order valence-electron chi connectivity index (χ2n) is 3.07. The van der Waals surface area contributed by atoms with Crippen molar-refractivity contribution in [3.63, 3.8) is 0 Å². The quantitative estimate of drug-likeness (QED) is 0.752. The van der Waals surface area contributed by atoms with Crippen LogP contribution in [0.3, 0.4) is 0 Å². The van der Waals surface area contributed by atoms with Crippen LogP contribution < -0.4 is 0 Å². The van der Waals surface area contributed by atoms with E-state index in [1.165, 1.54) is 6.26 Å². The fourth-order valence-electron chi connectivity index (χ4n) is 1.14. The minimum Gasteiger partial charge on any atom is -0.459 e. The first-order chi connectivity index (χ1) is 6.27. The molecule has 0 aromatic carbocycles. The third kappa shape index (κ3) is 1.77. The van der Waals surface area contributed by atoms with Gasteiger partial charge in [0.25, 0.3) is 0 Å². The molecule has 0 bridgehead atoms. The number of hydrogen-bond acceptors (Lipinski definition) is 3. The van der Waals surface area contributed by atoms with Crippen molar-refractivity contribution in [2.45, 2.75) is 25.4 Å². The Morgan fingerprint density at radius 1 is 1.62 bits per heavy atom. The molecule has 1 heterocycles. The molecule has 1 aliphatic rings. The molecule has 1 aliphatic carbocycles. The number of ether oxygens (including phenoxy) is 1. The Hall–Kier alpha value is -0.770. The molecule has 1 saturated carbocycles. The fraction of sp³-hybridized carbons (Fsp3) is 0.444. The topological polar surface area (TPSA) is 39.4 Å². The van der Waals surface area contributed by atoms with Crippen LogP contribution in [0.25, 0.3) is 0 Å². The van der Waals surface area contributed by atoms with E-state index in [1.807, 2.05) is 0 Å². The molecule has 1 aromatic rings. The normalized spacial score (nSPS) is 16.7. The number of carbonyl (C=O) groups excluding carboxylic acids is 1. The molecule has 0 saturated heterocycles. The van der Waals surface area contributed by atoms with Gasteiger partial charge in [-0.05, 0) is 41.3 Å². The Balaban J connectivity index is 2.00. The highest BCUT2D eigenvalue weighted by Gasteiger charge is 2.24. The van der Waals surface area contributed by atoms with Crippen molar-refractivity contribution >= 4 is 21.9 Å². The monoisotopic (exact) mass is 244 g/mol. The minimum absolute atomic E-state index is 0.120. The first-order valence-corrected chi connectivity index (χ1v) is 5.00. The first kappa shape index (κ1) is 8.81. The van der Waals surface area contributed by atoms with Gasteiger partial charge in [0.1, 0.15) is 11.7 Å². The number of carbonyl (C=O) groups is 1. The number of halogens is 1. The highest BCUT2D eigenvalue weighted by atomic mass is 79.9. The van der Waals surface area contributed by atoms with Gasteiger partial charge in [0, 0.05) is 0 Å². The van der Waals surface area contributed by atoms with Crippen molar-refractivity contribution in [2.75, 3.05) is 0 Å². The van der Waals surface area contributed by atoms with Gasteiger partial charge >= 0.3 is 5.97 Å². The molecule has 1 fully saturated rings. The van der Waals surface area contributed by atoms with E-state index in [-0.39, 0.29) is 12.1 Å². The molecule has 4 heteroatoms. The largest absolute Gasteiger partial charge is 0.459 e. The van der Waals surface area contributed by atoms with Crippen LogP contribution in [0.5, 0.6) is 0 Å². The lowest BCUT2D eigenvalue weighted by atomic mass is 9.96. The van der Waals surface area contributed by atoms with Crippen LogP contribution >= 0.6 is 15.9 Å². The molecule has 2 rings (SSSR count). The van der Waals surface area contributed by atoms with Crippen molar-refractivity contribution in [1.29, 1.82) is 0 Å². The van der Waals surface area contributed by atoms with Crippen LogP contribution in [0, 0.1) is 0 Å². The highest BCUT2D eigenvalue weighted by molar-refractivity contribution is 9.10. The second-order valence-corrected chi connectivity index (χ2v) is 3.79. The van der Waals surface area contributed by atoms with Gasteiger partial charge in [0.05, 0.1) is 6.26 Å². The Bertz CT molecular complexity index is 314. The van der Waals surface area contributed by atoms with Crippen molar-refractivity contribution < 1.29 is 13.9 Å². The molecular weight excluding hydrogens is 236 g/mol. The molecule has 0 N–H and O–H groups in total. The summed E-state index contributed by atoms with van der Waals surface area (Å²) < 4.78 is 10.6. The van der Waals surface area contributed by atoms with Crippen LogP contribution in [-0.4, -0.2) is 12.1 Å². The van der Waals surface area contributed by atoms with Crippen LogP contribution in [0.4, 0.5) is 0 Å². The van der Waals surface area contributed by atoms with Gasteiger partial charge in [0.15, 0.2) is 4.67 Å². The summed E-state index contributed by atoms with van der Waals surface area (Å²) in [6.07, 6.45) is 4.71. The Labute approximate surface area is 84.2 Å². The predicted molar refractivity (Wildman–Crippen MR) is 49.5 cm³/mol. The average molecular weight is 245 g/mol. The molecule has 0 atom stereocenters. The van der Waals surface area contributed by atoms with Gasteiger partial charge in [-0.25, -0.2) is 4.79 Å². The van der Waals surface area contributed by atoms with Gasteiger partial charge in [0.2, 0.25) is 0 Å². The van der Waals surface area contributed by atoms with E-state index in [9.17, 15) is 4.79 Å². The SMILES string of the molecule is O=C(OC1CCC1)c1ccoc1Br. The number of rotatable bonds is 2. The van der Waals surface area contributed by atoms with E-state index >= 15 is 0 Å². The zero-order valence-electron chi connectivity index (χ0n) is 6.96. The van der Waals surface area contributed by atoms with Crippen LogP contribution in [0.2, 0.25) is 0 Å². The van der Waals surface area contributed by atoms with E-state index in [0.717, 1.165) is 19.3 Å². The summed E-state index contributed by atoms with van der Waals surface area (Å²) >= 11 is 3.13. The van der Waals surface area contributed by atoms with Gasteiger partial charge in [-0.1, -0.05) is 0 Å². The number of furan rings is 1. The molecule has 0 radical (unpaired) electrons.